The Morgan fingerprint density at radius 1 is 1.07 bits per heavy atom. The molecule has 0 fully saturated rings. The summed E-state index contributed by atoms with van der Waals surface area (Å²) in [6.45, 7) is 2.25. The van der Waals surface area contributed by atoms with Crippen molar-refractivity contribution in [3.05, 3.63) is 98.3 Å². The Kier molecular flexibility index (Phi) is 6.63. The average molecular weight is 411 g/mol. The van der Waals surface area contributed by atoms with E-state index in [1.807, 2.05) is 48.7 Å². The highest BCUT2D eigenvalue weighted by molar-refractivity contribution is 7.10. The van der Waals surface area contributed by atoms with Gasteiger partial charge in [0.25, 0.3) is 11.8 Å². The topological polar surface area (TPSA) is 58.2 Å². The van der Waals surface area contributed by atoms with Crippen molar-refractivity contribution in [2.45, 2.75) is 13.5 Å². The van der Waals surface area contributed by atoms with E-state index in [4.69, 9.17) is 11.6 Å². The number of aryl methyl sites for hydroxylation is 1. The van der Waals surface area contributed by atoms with Crippen LogP contribution in [0.25, 0.3) is 6.08 Å². The maximum Gasteiger partial charge on any atom is 0.268 e. The molecule has 28 heavy (non-hydrogen) atoms. The minimum Gasteiger partial charge on any atom is -0.347 e. The van der Waals surface area contributed by atoms with E-state index < -0.39 is 0 Å². The van der Waals surface area contributed by atoms with Gasteiger partial charge in [-0.25, -0.2) is 0 Å². The number of carbonyl (C=O) groups excluding carboxylic acids is 2. The molecule has 0 saturated heterocycles. The quantitative estimate of drug-likeness (QED) is 0.573. The average Bonchev–Trinajstić information content (AvgIpc) is 3.20. The summed E-state index contributed by atoms with van der Waals surface area (Å²) >= 11 is 7.38. The van der Waals surface area contributed by atoms with Gasteiger partial charge in [0.15, 0.2) is 0 Å². The van der Waals surface area contributed by atoms with Crippen molar-refractivity contribution in [1.29, 1.82) is 0 Å². The zero-order valence-electron chi connectivity index (χ0n) is 15.2. The lowest BCUT2D eigenvalue weighted by Gasteiger charge is -2.11. The Labute approximate surface area is 172 Å². The molecule has 2 N–H and O–H groups in total. The zero-order chi connectivity index (χ0) is 19.9. The van der Waals surface area contributed by atoms with E-state index in [1.54, 1.807) is 30.3 Å². The van der Waals surface area contributed by atoms with Gasteiger partial charge in [-0.1, -0.05) is 47.5 Å². The lowest BCUT2D eigenvalue weighted by atomic mass is 10.1. The Balaban J connectivity index is 1.75. The molecule has 0 radical (unpaired) electrons. The van der Waals surface area contributed by atoms with Gasteiger partial charge in [-0.2, -0.15) is 0 Å². The van der Waals surface area contributed by atoms with E-state index in [0.717, 1.165) is 16.0 Å². The van der Waals surface area contributed by atoms with Gasteiger partial charge in [0, 0.05) is 22.0 Å². The predicted molar refractivity (Wildman–Crippen MR) is 114 cm³/mol. The molecule has 0 atom stereocenters. The number of rotatable bonds is 6. The maximum absolute atomic E-state index is 12.7. The van der Waals surface area contributed by atoms with Crippen LogP contribution in [0.5, 0.6) is 0 Å². The highest BCUT2D eigenvalue weighted by Gasteiger charge is 2.15. The van der Waals surface area contributed by atoms with Crippen molar-refractivity contribution in [3.63, 3.8) is 0 Å². The largest absolute Gasteiger partial charge is 0.347 e. The molecule has 2 aromatic carbocycles. The molecule has 4 nitrogen and oxygen atoms in total. The predicted octanol–water partition coefficient (Wildman–Crippen LogP) is 4.80. The minimum absolute atomic E-state index is 0.197. The highest BCUT2D eigenvalue weighted by atomic mass is 35.5. The summed E-state index contributed by atoms with van der Waals surface area (Å²) in [5.41, 5.74) is 2.59. The van der Waals surface area contributed by atoms with Gasteiger partial charge in [0.1, 0.15) is 5.70 Å². The summed E-state index contributed by atoms with van der Waals surface area (Å²) < 4.78 is 0. The molecular formula is C22H19ClN2O2S. The second kappa shape index (κ2) is 9.35. The fourth-order valence-corrected chi connectivity index (χ4v) is 3.32. The molecule has 0 saturated carbocycles. The Hall–Kier alpha value is -2.89. The summed E-state index contributed by atoms with van der Waals surface area (Å²) in [5, 5.41) is 8.13. The molecular weight excluding hydrogens is 392 g/mol. The summed E-state index contributed by atoms with van der Waals surface area (Å²) in [6, 6.07) is 18.2. The van der Waals surface area contributed by atoms with E-state index in [2.05, 4.69) is 10.6 Å². The molecule has 0 bridgehead atoms. The summed E-state index contributed by atoms with van der Waals surface area (Å²) in [7, 11) is 0. The van der Waals surface area contributed by atoms with Crippen LogP contribution in [0.15, 0.2) is 71.7 Å². The molecule has 142 valence electrons. The normalized spacial score (nSPS) is 11.1. The number of benzene rings is 2. The van der Waals surface area contributed by atoms with Gasteiger partial charge < -0.3 is 10.6 Å². The van der Waals surface area contributed by atoms with E-state index in [1.165, 1.54) is 11.3 Å². The van der Waals surface area contributed by atoms with Crippen LogP contribution in [0.3, 0.4) is 0 Å². The SMILES string of the molecule is Cc1cccc(C(=O)N/C(=C\c2cccs2)C(=O)NCc2ccc(Cl)cc2)c1. The monoisotopic (exact) mass is 410 g/mol. The first-order valence-corrected chi connectivity index (χ1v) is 9.93. The molecule has 6 heteroatoms. The molecule has 1 aromatic heterocycles. The van der Waals surface area contributed by atoms with Crippen molar-refractivity contribution in [2.75, 3.05) is 0 Å². The first-order chi connectivity index (χ1) is 13.5. The summed E-state index contributed by atoms with van der Waals surface area (Å²) in [4.78, 5) is 26.2. The van der Waals surface area contributed by atoms with Crippen LogP contribution in [-0.2, 0) is 11.3 Å². The van der Waals surface area contributed by atoms with Crippen molar-refractivity contribution in [1.82, 2.24) is 10.6 Å². The Bertz CT molecular complexity index is 996. The molecule has 0 aliphatic carbocycles. The lowest BCUT2D eigenvalue weighted by Crippen LogP contribution is -2.34. The number of thiophene rings is 1. The van der Waals surface area contributed by atoms with Crippen LogP contribution in [-0.4, -0.2) is 11.8 Å². The molecule has 3 rings (SSSR count). The van der Waals surface area contributed by atoms with Gasteiger partial charge in [0.05, 0.1) is 0 Å². The molecule has 3 aromatic rings. The van der Waals surface area contributed by atoms with Crippen molar-refractivity contribution in [3.8, 4) is 0 Å². The molecule has 0 spiro atoms. The van der Waals surface area contributed by atoms with E-state index >= 15 is 0 Å². The zero-order valence-corrected chi connectivity index (χ0v) is 16.8. The van der Waals surface area contributed by atoms with Crippen molar-refractivity contribution in [2.24, 2.45) is 0 Å². The Morgan fingerprint density at radius 3 is 2.54 bits per heavy atom. The van der Waals surface area contributed by atoms with Gasteiger partial charge in [-0.3, -0.25) is 9.59 Å². The van der Waals surface area contributed by atoms with E-state index in [0.29, 0.717) is 17.1 Å². The van der Waals surface area contributed by atoms with Gasteiger partial charge >= 0.3 is 0 Å². The number of amides is 2. The smallest absolute Gasteiger partial charge is 0.268 e. The third-order valence-corrected chi connectivity index (χ3v) is 5.04. The Morgan fingerprint density at radius 2 is 1.86 bits per heavy atom. The van der Waals surface area contributed by atoms with Crippen molar-refractivity contribution < 1.29 is 9.59 Å². The van der Waals surface area contributed by atoms with E-state index in [-0.39, 0.29) is 17.5 Å². The highest BCUT2D eigenvalue weighted by Crippen LogP contribution is 2.14. The van der Waals surface area contributed by atoms with Gasteiger partial charge in [-0.05, 0) is 54.3 Å². The van der Waals surface area contributed by atoms with Crippen LogP contribution in [0.2, 0.25) is 5.02 Å². The molecule has 0 aliphatic heterocycles. The maximum atomic E-state index is 12.7. The van der Waals surface area contributed by atoms with E-state index in [9.17, 15) is 9.59 Å². The molecule has 1 heterocycles. The molecule has 0 aliphatic rings. The van der Waals surface area contributed by atoms with Crippen LogP contribution >= 0.6 is 22.9 Å². The first-order valence-electron chi connectivity index (χ1n) is 8.67. The number of hydrogen-bond donors (Lipinski definition) is 2. The fraction of sp³-hybridized carbons (Fsp3) is 0.0909. The second-order valence-corrected chi connectivity index (χ2v) is 7.62. The van der Waals surface area contributed by atoms with Gasteiger partial charge in [0.2, 0.25) is 0 Å². The molecule has 0 unspecified atom stereocenters. The minimum atomic E-state index is -0.357. The van der Waals surface area contributed by atoms with Crippen LogP contribution in [0, 0.1) is 6.92 Å². The summed E-state index contributed by atoms with van der Waals surface area (Å²) in [5.74, 6) is -0.683. The number of hydrogen-bond acceptors (Lipinski definition) is 3. The van der Waals surface area contributed by atoms with Crippen molar-refractivity contribution >= 4 is 40.8 Å². The number of nitrogens with one attached hydrogen (secondary N) is 2. The molecule has 2 amide bonds. The van der Waals surface area contributed by atoms with Crippen LogP contribution in [0.1, 0.15) is 26.4 Å². The second-order valence-electron chi connectivity index (χ2n) is 6.21. The van der Waals surface area contributed by atoms with Gasteiger partial charge in [-0.15, -0.1) is 11.3 Å². The van der Waals surface area contributed by atoms with Crippen LogP contribution in [0.4, 0.5) is 0 Å². The standard InChI is InChI=1S/C22H19ClN2O2S/c1-15-4-2-5-17(12-15)21(26)25-20(13-19-6-3-11-28-19)22(27)24-14-16-7-9-18(23)10-8-16/h2-13H,14H2,1H3,(H,24,27)(H,25,26)/b20-13-. The third kappa shape index (κ3) is 5.55. The summed E-state index contributed by atoms with van der Waals surface area (Å²) in [6.07, 6.45) is 1.68. The third-order valence-electron chi connectivity index (χ3n) is 3.97. The number of halogens is 1. The fourth-order valence-electron chi connectivity index (χ4n) is 2.53. The number of carbonyl (C=O) groups is 2. The van der Waals surface area contributed by atoms with Crippen LogP contribution < -0.4 is 10.6 Å². The first kappa shape index (κ1) is 19.9. The lowest BCUT2D eigenvalue weighted by molar-refractivity contribution is -0.117.